The predicted molar refractivity (Wildman–Crippen MR) is 100 cm³/mol. The molecular weight excluding hydrogens is 352 g/mol. The first-order valence-electron chi connectivity index (χ1n) is 8.13. The average molecular weight is 372 g/mol. The molecule has 1 aromatic carbocycles. The van der Waals surface area contributed by atoms with Crippen LogP contribution in [0.15, 0.2) is 47.4 Å². The van der Waals surface area contributed by atoms with Crippen molar-refractivity contribution in [2.24, 2.45) is 0 Å². The Kier molecular flexibility index (Phi) is 4.90. The van der Waals surface area contributed by atoms with E-state index < -0.39 is 10.0 Å². The lowest BCUT2D eigenvalue weighted by Crippen LogP contribution is -2.19. The predicted octanol–water partition coefficient (Wildman–Crippen LogP) is 2.78. The zero-order chi connectivity index (χ0) is 18.7. The Balaban J connectivity index is 1.84. The Hall–Kier alpha value is -2.94. The van der Waals surface area contributed by atoms with Gasteiger partial charge in [0.1, 0.15) is 4.90 Å². The number of sulfonamides is 1. The largest absolute Gasteiger partial charge is 0.325 e. The van der Waals surface area contributed by atoms with Gasteiger partial charge in [0.15, 0.2) is 11.6 Å². The van der Waals surface area contributed by atoms with Crippen LogP contribution in [0, 0.1) is 13.8 Å². The van der Waals surface area contributed by atoms with Crippen LogP contribution in [-0.2, 0) is 10.0 Å². The molecule has 0 unspecified atom stereocenters. The van der Waals surface area contributed by atoms with E-state index in [-0.39, 0.29) is 10.7 Å². The summed E-state index contributed by atoms with van der Waals surface area (Å²) in [5, 5.41) is 14.8. The number of rotatable bonds is 6. The summed E-state index contributed by atoms with van der Waals surface area (Å²) in [6.45, 7) is 6.00. The molecule has 8 nitrogen and oxygen atoms in total. The zero-order valence-electron chi connectivity index (χ0n) is 14.8. The van der Waals surface area contributed by atoms with Crippen molar-refractivity contribution in [1.29, 1.82) is 0 Å². The Morgan fingerprint density at radius 3 is 2.35 bits per heavy atom. The third kappa shape index (κ3) is 3.52. The summed E-state index contributed by atoms with van der Waals surface area (Å²) in [4.78, 5) is 2.11. The van der Waals surface area contributed by atoms with Crippen molar-refractivity contribution in [2.75, 3.05) is 16.2 Å². The number of nitrogens with one attached hydrogen (secondary N) is 2. The minimum atomic E-state index is -3.78. The summed E-state index contributed by atoms with van der Waals surface area (Å²) in [5.74, 6) is 0.787. The molecular formula is C17H20N6O2S. The van der Waals surface area contributed by atoms with Gasteiger partial charge < -0.3 is 4.90 Å². The van der Waals surface area contributed by atoms with Crippen LogP contribution in [0.25, 0.3) is 0 Å². The summed E-state index contributed by atoms with van der Waals surface area (Å²) in [7, 11) is -3.78. The number of nitrogens with zero attached hydrogens (tertiary/aromatic N) is 4. The van der Waals surface area contributed by atoms with Crippen molar-refractivity contribution < 1.29 is 8.42 Å². The smallest absolute Gasteiger partial charge is 0.266 e. The average Bonchev–Trinajstić information content (AvgIpc) is 2.97. The SMILES string of the molecule is CCN(c1ccccc1)c1ccc(NS(=O)(=O)c2c(C)n[nH]c2C)nn1. The van der Waals surface area contributed by atoms with Gasteiger partial charge in [-0.3, -0.25) is 9.82 Å². The zero-order valence-corrected chi connectivity index (χ0v) is 15.6. The van der Waals surface area contributed by atoms with E-state index in [0.717, 1.165) is 5.69 Å². The molecule has 0 bridgehead atoms. The van der Waals surface area contributed by atoms with Crippen LogP contribution in [0.5, 0.6) is 0 Å². The van der Waals surface area contributed by atoms with Crippen LogP contribution in [0.1, 0.15) is 18.3 Å². The van der Waals surface area contributed by atoms with Crippen LogP contribution in [-0.4, -0.2) is 35.4 Å². The van der Waals surface area contributed by atoms with Crippen LogP contribution in [0.4, 0.5) is 17.3 Å². The third-order valence-corrected chi connectivity index (χ3v) is 5.50. The number of aromatic amines is 1. The van der Waals surface area contributed by atoms with E-state index in [0.29, 0.717) is 23.8 Å². The van der Waals surface area contributed by atoms with E-state index in [1.807, 2.05) is 42.2 Å². The maximum absolute atomic E-state index is 12.6. The summed E-state index contributed by atoms with van der Waals surface area (Å²) >= 11 is 0. The Labute approximate surface area is 152 Å². The maximum Gasteiger partial charge on any atom is 0.266 e. The molecule has 136 valence electrons. The van der Waals surface area contributed by atoms with Gasteiger partial charge in [0.25, 0.3) is 10.0 Å². The summed E-state index contributed by atoms with van der Waals surface area (Å²) in [6, 6.07) is 13.1. The fraction of sp³-hybridized carbons (Fsp3) is 0.235. The number of para-hydroxylation sites is 1. The van der Waals surface area contributed by atoms with E-state index in [2.05, 4.69) is 25.1 Å². The lowest BCUT2D eigenvalue weighted by atomic mass is 10.3. The highest BCUT2D eigenvalue weighted by molar-refractivity contribution is 7.92. The van der Waals surface area contributed by atoms with Gasteiger partial charge in [0, 0.05) is 12.2 Å². The van der Waals surface area contributed by atoms with E-state index >= 15 is 0 Å². The number of aromatic nitrogens is 4. The second-order valence-corrected chi connectivity index (χ2v) is 7.34. The van der Waals surface area contributed by atoms with E-state index in [9.17, 15) is 8.42 Å². The van der Waals surface area contributed by atoms with Gasteiger partial charge >= 0.3 is 0 Å². The van der Waals surface area contributed by atoms with Gasteiger partial charge in [-0.2, -0.15) is 5.10 Å². The quantitative estimate of drug-likeness (QED) is 0.689. The van der Waals surface area contributed by atoms with Crippen LogP contribution in [0.3, 0.4) is 0 Å². The van der Waals surface area contributed by atoms with Gasteiger partial charge in [0.05, 0.1) is 11.4 Å². The highest BCUT2D eigenvalue weighted by Crippen LogP contribution is 2.24. The highest BCUT2D eigenvalue weighted by Gasteiger charge is 2.23. The minimum absolute atomic E-state index is 0.128. The number of H-pyrrole nitrogens is 1. The lowest BCUT2D eigenvalue weighted by Gasteiger charge is -2.21. The molecule has 0 amide bonds. The van der Waals surface area contributed by atoms with E-state index in [1.165, 1.54) is 0 Å². The lowest BCUT2D eigenvalue weighted by molar-refractivity contribution is 0.600. The molecule has 0 aliphatic heterocycles. The van der Waals surface area contributed by atoms with Crippen molar-refractivity contribution in [2.45, 2.75) is 25.7 Å². The molecule has 0 saturated heterocycles. The second kappa shape index (κ2) is 7.12. The standard InChI is InChI=1S/C17H20N6O2S/c1-4-23(14-8-6-5-7-9-14)16-11-10-15(20-21-16)22-26(24,25)17-12(2)18-19-13(17)3/h5-11H,4H2,1-3H3,(H,18,19)(H,20,22). The third-order valence-electron chi connectivity index (χ3n) is 3.88. The number of aryl methyl sites for hydroxylation is 2. The molecule has 0 fully saturated rings. The van der Waals surface area contributed by atoms with Crippen LogP contribution in [0.2, 0.25) is 0 Å². The van der Waals surface area contributed by atoms with Crippen molar-refractivity contribution in [3.63, 3.8) is 0 Å². The molecule has 0 aliphatic rings. The molecule has 3 rings (SSSR count). The first-order chi connectivity index (χ1) is 12.4. The summed E-state index contributed by atoms with van der Waals surface area (Å²) in [6.07, 6.45) is 0. The van der Waals surface area contributed by atoms with E-state index in [4.69, 9.17) is 0 Å². The normalized spacial score (nSPS) is 11.3. The van der Waals surface area contributed by atoms with Gasteiger partial charge in [-0.15, -0.1) is 10.2 Å². The molecule has 3 aromatic rings. The molecule has 0 radical (unpaired) electrons. The molecule has 2 heterocycles. The van der Waals surface area contributed by atoms with E-state index in [1.54, 1.807) is 26.0 Å². The van der Waals surface area contributed by atoms with Crippen molar-refractivity contribution in [3.05, 3.63) is 53.9 Å². The topological polar surface area (TPSA) is 104 Å². The van der Waals surface area contributed by atoms with Crippen molar-refractivity contribution in [3.8, 4) is 0 Å². The van der Waals surface area contributed by atoms with Crippen LogP contribution >= 0.6 is 0 Å². The number of anilines is 3. The monoisotopic (exact) mass is 372 g/mol. The number of hydrogen-bond acceptors (Lipinski definition) is 6. The Morgan fingerprint density at radius 2 is 1.81 bits per heavy atom. The molecule has 0 saturated carbocycles. The first-order valence-corrected chi connectivity index (χ1v) is 9.61. The Bertz CT molecular complexity index is 964. The minimum Gasteiger partial charge on any atom is -0.325 e. The van der Waals surface area contributed by atoms with Gasteiger partial charge in [0.2, 0.25) is 0 Å². The molecule has 0 atom stereocenters. The fourth-order valence-electron chi connectivity index (χ4n) is 2.73. The van der Waals surface area contributed by atoms with Gasteiger partial charge in [-0.1, -0.05) is 18.2 Å². The molecule has 2 aromatic heterocycles. The fourth-order valence-corrected chi connectivity index (χ4v) is 4.10. The van der Waals surface area contributed by atoms with Gasteiger partial charge in [-0.25, -0.2) is 8.42 Å². The maximum atomic E-state index is 12.6. The molecule has 26 heavy (non-hydrogen) atoms. The highest BCUT2D eigenvalue weighted by atomic mass is 32.2. The number of benzene rings is 1. The van der Waals surface area contributed by atoms with Gasteiger partial charge in [-0.05, 0) is 45.0 Å². The molecule has 0 aliphatic carbocycles. The number of hydrogen-bond donors (Lipinski definition) is 2. The summed E-state index contributed by atoms with van der Waals surface area (Å²) in [5.41, 5.74) is 1.86. The van der Waals surface area contributed by atoms with Crippen molar-refractivity contribution in [1.82, 2.24) is 20.4 Å². The second-order valence-electron chi connectivity index (χ2n) is 5.73. The van der Waals surface area contributed by atoms with Crippen LogP contribution < -0.4 is 9.62 Å². The molecule has 2 N–H and O–H groups in total. The first kappa shape index (κ1) is 17.9. The van der Waals surface area contributed by atoms with Crippen molar-refractivity contribution >= 4 is 27.3 Å². The summed E-state index contributed by atoms with van der Waals surface area (Å²) < 4.78 is 27.5. The molecule has 9 heteroatoms. The Morgan fingerprint density at radius 1 is 1.08 bits per heavy atom. The molecule has 0 spiro atoms.